The molecule has 3 heterocycles. The van der Waals surface area contributed by atoms with Crippen molar-refractivity contribution in [3.8, 4) is 11.5 Å². The van der Waals surface area contributed by atoms with Crippen molar-refractivity contribution in [1.82, 2.24) is 15.0 Å². The highest BCUT2D eigenvalue weighted by Crippen LogP contribution is 2.46. The lowest BCUT2D eigenvalue weighted by Gasteiger charge is -2.21. The van der Waals surface area contributed by atoms with E-state index in [0.717, 1.165) is 51.4 Å². The molecule has 1 unspecified atom stereocenters. The minimum Gasteiger partial charge on any atom is -0.455 e. The fourth-order valence-electron chi connectivity index (χ4n) is 5.17. The molecule has 0 aliphatic heterocycles. The third kappa shape index (κ3) is 4.39. The summed E-state index contributed by atoms with van der Waals surface area (Å²) in [5.41, 5.74) is 4.46. The summed E-state index contributed by atoms with van der Waals surface area (Å²) in [6.45, 7) is 11.1. The molecule has 1 aliphatic rings. The van der Waals surface area contributed by atoms with Gasteiger partial charge in [0.2, 0.25) is 0 Å². The highest BCUT2D eigenvalue weighted by molar-refractivity contribution is 7.19. The van der Waals surface area contributed by atoms with E-state index in [1.54, 1.807) is 12.5 Å². The van der Waals surface area contributed by atoms with Crippen LogP contribution in [0.15, 0.2) is 42.9 Å². The van der Waals surface area contributed by atoms with Crippen molar-refractivity contribution >= 4 is 33.1 Å². The molecule has 1 aromatic carbocycles. The Hall–Kier alpha value is -2.99. The van der Waals surface area contributed by atoms with Crippen LogP contribution in [0.2, 0.25) is 0 Å². The van der Waals surface area contributed by atoms with Crippen molar-refractivity contribution in [3.63, 3.8) is 0 Å². The van der Waals surface area contributed by atoms with Gasteiger partial charge in [0.15, 0.2) is 0 Å². The zero-order valence-corrected chi connectivity index (χ0v) is 21.4. The first kappa shape index (κ1) is 22.8. The molecular formula is C28H32N4OS. The van der Waals surface area contributed by atoms with Crippen LogP contribution in [0, 0.1) is 25.7 Å². The molecule has 5 nitrogen and oxygen atoms in total. The predicted octanol–water partition coefficient (Wildman–Crippen LogP) is 7.95. The Morgan fingerprint density at radius 3 is 2.68 bits per heavy atom. The van der Waals surface area contributed by atoms with E-state index in [0.29, 0.717) is 11.8 Å². The molecule has 0 spiro atoms. The first-order valence-electron chi connectivity index (χ1n) is 12.2. The van der Waals surface area contributed by atoms with Gasteiger partial charge in [-0.3, -0.25) is 4.98 Å². The van der Waals surface area contributed by atoms with Crippen LogP contribution in [-0.2, 0) is 6.42 Å². The van der Waals surface area contributed by atoms with Gasteiger partial charge in [-0.25, -0.2) is 9.97 Å². The van der Waals surface area contributed by atoms with Gasteiger partial charge in [0.25, 0.3) is 0 Å². The largest absolute Gasteiger partial charge is 0.455 e. The normalized spacial score (nSPS) is 20.1. The summed E-state index contributed by atoms with van der Waals surface area (Å²) in [5, 5.41) is 4.78. The molecule has 0 radical (unpaired) electrons. The lowest BCUT2D eigenvalue weighted by molar-refractivity contribution is 0.320. The quantitative estimate of drug-likeness (QED) is 0.299. The lowest BCUT2D eigenvalue weighted by atomic mass is 9.85. The number of aryl methyl sites for hydroxylation is 2. The zero-order chi connectivity index (χ0) is 23.8. The van der Waals surface area contributed by atoms with Crippen molar-refractivity contribution in [2.45, 2.75) is 59.8 Å². The van der Waals surface area contributed by atoms with Crippen LogP contribution in [0.5, 0.6) is 11.5 Å². The number of anilines is 2. The predicted molar refractivity (Wildman–Crippen MR) is 141 cm³/mol. The minimum absolute atomic E-state index is 0.562. The Morgan fingerprint density at radius 1 is 1.09 bits per heavy atom. The molecule has 0 amide bonds. The van der Waals surface area contributed by atoms with E-state index in [2.05, 4.69) is 54.0 Å². The number of nitrogens with one attached hydrogen (secondary N) is 1. The first-order chi connectivity index (χ1) is 16.4. The molecule has 5 rings (SSSR count). The maximum absolute atomic E-state index is 6.05. The van der Waals surface area contributed by atoms with Crippen LogP contribution in [-0.4, -0.2) is 15.0 Å². The van der Waals surface area contributed by atoms with E-state index in [4.69, 9.17) is 4.74 Å². The Morgan fingerprint density at radius 2 is 1.94 bits per heavy atom. The smallest absolute Gasteiger partial charge is 0.145 e. The Labute approximate surface area is 205 Å². The van der Waals surface area contributed by atoms with Crippen LogP contribution in [0.4, 0.5) is 11.5 Å². The van der Waals surface area contributed by atoms with Crippen molar-refractivity contribution in [2.75, 3.05) is 5.32 Å². The van der Waals surface area contributed by atoms with Gasteiger partial charge < -0.3 is 10.1 Å². The number of rotatable bonds is 5. The molecule has 34 heavy (non-hydrogen) atoms. The number of pyridine rings is 1. The molecule has 1 aliphatic carbocycles. The third-order valence-electron chi connectivity index (χ3n) is 7.13. The molecule has 6 heteroatoms. The summed E-state index contributed by atoms with van der Waals surface area (Å²) in [6.07, 6.45) is 7.03. The van der Waals surface area contributed by atoms with Crippen molar-refractivity contribution in [1.29, 1.82) is 0 Å². The summed E-state index contributed by atoms with van der Waals surface area (Å²) < 4.78 is 6.05. The number of benzene rings is 1. The van der Waals surface area contributed by atoms with Gasteiger partial charge in [-0.2, -0.15) is 0 Å². The summed E-state index contributed by atoms with van der Waals surface area (Å²) >= 11 is 1.85. The van der Waals surface area contributed by atoms with Gasteiger partial charge in [-0.15, -0.1) is 11.3 Å². The van der Waals surface area contributed by atoms with Gasteiger partial charge in [-0.1, -0.05) is 27.2 Å². The van der Waals surface area contributed by atoms with Crippen LogP contribution in [0.25, 0.3) is 10.2 Å². The molecular weight excluding hydrogens is 440 g/mol. The molecule has 0 fully saturated rings. The third-order valence-corrected chi connectivity index (χ3v) is 8.50. The highest BCUT2D eigenvalue weighted by atomic mass is 32.1. The lowest BCUT2D eigenvalue weighted by Crippen LogP contribution is -2.12. The molecule has 3 aromatic heterocycles. The Bertz CT molecular complexity index is 1310. The van der Waals surface area contributed by atoms with Crippen molar-refractivity contribution < 1.29 is 4.74 Å². The molecule has 1 N–H and O–H groups in total. The molecule has 4 aromatic rings. The van der Waals surface area contributed by atoms with E-state index < -0.39 is 0 Å². The molecule has 0 saturated carbocycles. The number of nitrogens with zero attached hydrogens (tertiary/aromatic N) is 3. The standard InChI is InChI=1S/C28H32N4OS/c1-6-20-11-18(4)26-23(13-16(20)2)25-27(30-15-31-28(25)34-26)32-21-8-10-24(17(3)12-21)33-22-9-7-19(5)29-14-22/h7-10,12,14-16,18,20H,6,11,13H2,1-5H3,(H,30,31,32)/t16-,18+,20?/m1/s1. The number of ether oxygens (including phenoxy) is 1. The van der Waals surface area contributed by atoms with Gasteiger partial charge in [0, 0.05) is 16.3 Å². The number of hydrogen-bond donors (Lipinski definition) is 1. The fraction of sp³-hybridized carbons (Fsp3) is 0.393. The summed E-state index contributed by atoms with van der Waals surface area (Å²) in [5.74, 6) is 4.45. The van der Waals surface area contributed by atoms with E-state index in [1.807, 2.05) is 42.5 Å². The number of fused-ring (bicyclic) bond motifs is 3. The van der Waals surface area contributed by atoms with Crippen LogP contribution >= 0.6 is 11.3 Å². The summed E-state index contributed by atoms with van der Waals surface area (Å²) in [7, 11) is 0. The van der Waals surface area contributed by atoms with E-state index in [-0.39, 0.29) is 0 Å². The van der Waals surface area contributed by atoms with Crippen molar-refractivity contribution in [3.05, 3.63) is 64.6 Å². The maximum atomic E-state index is 6.05. The van der Waals surface area contributed by atoms with Gasteiger partial charge in [-0.05, 0) is 85.9 Å². The zero-order valence-electron chi connectivity index (χ0n) is 20.6. The molecule has 0 bridgehead atoms. The fourth-order valence-corrected chi connectivity index (χ4v) is 6.41. The van der Waals surface area contributed by atoms with Gasteiger partial charge >= 0.3 is 0 Å². The SMILES string of the molecule is CCC1C[C@H](C)c2sc3ncnc(Nc4ccc(Oc5ccc(C)nc5)c(C)c4)c3c2C[C@H]1C. The monoisotopic (exact) mass is 472 g/mol. The molecule has 0 saturated heterocycles. The Kier molecular flexibility index (Phi) is 6.26. The van der Waals surface area contributed by atoms with Crippen LogP contribution < -0.4 is 10.1 Å². The number of aromatic nitrogens is 3. The minimum atomic E-state index is 0.562. The summed E-state index contributed by atoms with van der Waals surface area (Å²) in [4.78, 5) is 16.2. The molecule has 176 valence electrons. The maximum Gasteiger partial charge on any atom is 0.145 e. The van der Waals surface area contributed by atoms with Crippen LogP contribution in [0.3, 0.4) is 0 Å². The van der Waals surface area contributed by atoms with Crippen molar-refractivity contribution in [2.24, 2.45) is 11.8 Å². The topological polar surface area (TPSA) is 59.9 Å². The van der Waals surface area contributed by atoms with Crippen LogP contribution in [0.1, 0.15) is 61.2 Å². The van der Waals surface area contributed by atoms with E-state index >= 15 is 0 Å². The second kappa shape index (κ2) is 9.34. The van der Waals surface area contributed by atoms with Gasteiger partial charge in [0.1, 0.15) is 28.5 Å². The Balaban J connectivity index is 1.45. The van der Waals surface area contributed by atoms with E-state index in [9.17, 15) is 0 Å². The summed E-state index contributed by atoms with van der Waals surface area (Å²) in [6, 6.07) is 10.0. The number of hydrogen-bond acceptors (Lipinski definition) is 6. The second-order valence-electron chi connectivity index (χ2n) is 9.68. The van der Waals surface area contributed by atoms with E-state index in [1.165, 1.54) is 28.7 Å². The molecule has 3 atom stereocenters. The van der Waals surface area contributed by atoms with Gasteiger partial charge in [0.05, 0.1) is 11.6 Å². The first-order valence-corrected chi connectivity index (χ1v) is 13.0. The average molecular weight is 473 g/mol. The highest BCUT2D eigenvalue weighted by Gasteiger charge is 2.30. The average Bonchev–Trinajstić information content (AvgIpc) is 3.14. The number of thiophene rings is 1. The second-order valence-corrected chi connectivity index (χ2v) is 10.7.